The molecule has 3 aromatic heterocycles. The first-order valence-corrected chi connectivity index (χ1v) is 7.66. The molecule has 0 amide bonds. The molecule has 6 heteroatoms. The highest BCUT2D eigenvalue weighted by molar-refractivity contribution is 5.70. The second-order valence-corrected chi connectivity index (χ2v) is 5.51. The average molecular weight is 294 g/mol. The van der Waals surface area contributed by atoms with Crippen LogP contribution in [0.1, 0.15) is 19.3 Å². The molecule has 6 nitrogen and oxygen atoms in total. The fourth-order valence-corrected chi connectivity index (χ4v) is 2.87. The molecule has 0 aromatic carbocycles. The number of rotatable bonds is 3. The van der Waals surface area contributed by atoms with E-state index in [1.807, 2.05) is 29.1 Å². The van der Waals surface area contributed by atoms with E-state index in [0.29, 0.717) is 0 Å². The van der Waals surface area contributed by atoms with Crippen molar-refractivity contribution >= 4 is 23.0 Å². The van der Waals surface area contributed by atoms with Crippen molar-refractivity contribution in [2.24, 2.45) is 0 Å². The summed E-state index contributed by atoms with van der Waals surface area (Å²) in [6, 6.07) is 4.04. The molecule has 0 bridgehead atoms. The predicted octanol–water partition coefficient (Wildman–Crippen LogP) is 2.86. The predicted molar refractivity (Wildman–Crippen MR) is 86.6 cm³/mol. The Labute approximate surface area is 128 Å². The Bertz CT molecular complexity index is 775. The Balaban J connectivity index is 1.61. The smallest absolute Gasteiger partial charge is 0.180 e. The summed E-state index contributed by atoms with van der Waals surface area (Å²) in [5.74, 6) is 1.78. The molecule has 112 valence electrons. The van der Waals surface area contributed by atoms with Crippen LogP contribution in [0.3, 0.4) is 0 Å². The fourth-order valence-electron chi connectivity index (χ4n) is 2.87. The lowest BCUT2D eigenvalue weighted by Gasteiger charge is -2.27. The van der Waals surface area contributed by atoms with Gasteiger partial charge in [0.2, 0.25) is 0 Å². The van der Waals surface area contributed by atoms with Crippen molar-refractivity contribution in [2.75, 3.05) is 23.3 Å². The van der Waals surface area contributed by atoms with Crippen molar-refractivity contribution in [3.05, 3.63) is 43.1 Å². The number of hydrogen-bond acceptors (Lipinski definition) is 5. The van der Waals surface area contributed by atoms with Gasteiger partial charge in [-0.3, -0.25) is 0 Å². The molecule has 1 aliphatic heterocycles. The van der Waals surface area contributed by atoms with Crippen molar-refractivity contribution in [1.29, 1.82) is 0 Å². The highest BCUT2D eigenvalue weighted by Crippen LogP contribution is 2.23. The van der Waals surface area contributed by atoms with Gasteiger partial charge in [0.1, 0.15) is 5.82 Å². The molecular formula is C16H18N6. The molecule has 1 aliphatic rings. The number of piperidine rings is 1. The number of imidazole rings is 1. The van der Waals surface area contributed by atoms with E-state index in [2.05, 4.69) is 31.2 Å². The third kappa shape index (κ3) is 2.47. The molecule has 1 saturated heterocycles. The monoisotopic (exact) mass is 294 g/mol. The first kappa shape index (κ1) is 13.1. The molecule has 1 N–H and O–H groups in total. The van der Waals surface area contributed by atoms with Gasteiger partial charge in [-0.05, 0) is 25.3 Å². The summed E-state index contributed by atoms with van der Waals surface area (Å²) in [5.41, 5.74) is 1.80. The van der Waals surface area contributed by atoms with Gasteiger partial charge in [-0.15, -0.1) is 0 Å². The van der Waals surface area contributed by atoms with Crippen LogP contribution in [0.5, 0.6) is 0 Å². The number of anilines is 3. The third-order valence-electron chi connectivity index (χ3n) is 4.00. The molecular weight excluding hydrogens is 276 g/mol. The topological polar surface area (TPSA) is 58.4 Å². The van der Waals surface area contributed by atoms with Crippen LogP contribution >= 0.6 is 0 Å². The molecule has 4 heterocycles. The second kappa shape index (κ2) is 5.63. The average Bonchev–Trinajstić information content (AvgIpc) is 3.06. The summed E-state index contributed by atoms with van der Waals surface area (Å²) in [4.78, 5) is 15.6. The van der Waals surface area contributed by atoms with Crippen LogP contribution in [-0.4, -0.2) is 32.4 Å². The van der Waals surface area contributed by atoms with Gasteiger partial charge in [-0.1, -0.05) is 0 Å². The van der Waals surface area contributed by atoms with Crippen LogP contribution < -0.4 is 10.2 Å². The van der Waals surface area contributed by atoms with Crippen LogP contribution in [0.4, 0.5) is 17.3 Å². The van der Waals surface area contributed by atoms with E-state index >= 15 is 0 Å². The minimum Gasteiger partial charge on any atom is -0.357 e. The number of nitrogens with zero attached hydrogens (tertiary/aromatic N) is 5. The van der Waals surface area contributed by atoms with Crippen LogP contribution in [0.2, 0.25) is 0 Å². The van der Waals surface area contributed by atoms with Gasteiger partial charge >= 0.3 is 0 Å². The maximum absolute atomic E-state index is 4.50. The molecule has 22 heavy (non-hydrogen) atoms. The van der Waals surface area contributed by atoms with Crippen LogP contribution in [0.15, 0.2) is 43.1 Å². The SMILES string of the molecule is c1cc(Nc2nccn3ccnc23)cc(N2CCCCC2)n1. The minimum atomic E-state index is 0.753. The van der Waals surface area contributed by atoms with E-state index in [1.54, 1.807) is 12.4 Å². The van der Waals surface area contributed by atoms with E-state index in [-0.39, 0.29) is 0 Å². The Hall–Kier alpha value is -2.63. The molecule has 3 aromatic rings. The van der Waals surface area contributed by atoms with E-state index in [1.165, 1.54) is 19.3 Å². The van der Waals surface area contributed by atoms with Crippen LogP contribution in [-0.2, 0) is 0 Å². The van der Waals surface area contributed by atoms with Gasteiger partial charge in [-0.2, -0.15) is 0 Å². The van der Waals surface area contributed by atoms with E-state index in [9.17, 15) is 0 Å². The number of pyridine rings is 1. The molecule has 0 aliphatic carbocycles. The van der Waals surface area contributed by atoms with Gasteiger partial charge in [-0.25, -0.2) is 15.0 Å². The maximum Gasteiger partial charge on any atom is 0.180 e. The highest BCUT2D eigenvalue weighted by Gasteiger charge is 2.12. The lowest BCUT2D eigenvalue weighted by Crippen LogP contribution is -2.30. The lowest BCUT2D eigenvalue weighted by atomic mass is 10.1. The Morgan fingerprint density at radius 1 is 0.909 bits per heavy atom. The zero-order valence-corrected chi connectivity index (χ0v) is 12.3. The van der Waals surface area contributed by atoms with Crippen molar-refractivity contribution in [2.45, 2.75) is 19.3 Å². The van der Waals surface area contributed by atoms with E-state index in [0.717, 1.165) is 36.1 Å². The number of nitrogens with one attached hydrogen (secondary N) is 1. The lowest BCUT2D eigenvalue weighted by molar-refractivity contribution is 0.573. The quantitative estimate of drug-likeness (QED) is 0.805. The van der Waals surface area contributed by atoms with E-state index < -0.39 is 0 Å². The zero-order valence-electron chi connectivity index (χ0n) is 12.3. The van der Waals surface area contributed by atoms with Gasteiger partial charge in [0.25, 0.3) is 0 Å². The van der Waals surface area contributed by atoms with Crippen LogP contribution in [0.25, 0.3) is 5.65 Å². The summed E-state index contributed by atoms with van der Waals surface area (Å²) in [6.07, 6.45) is 13.0. The third-order valence-corrected chi connectivity index (χ3v) is 4.00. The molecule has 0 radical (unpaired) electrons. The first-order chi connectivity index (χ1) is 10.9. The Kier molecular flexibility index (Phi) is 3.34. The standard InChI is InChI=1S/C16H18N6/c1-2-8-21(9-3-1)14-12-13(4-5-17-14)20-15-16-19-7-11-22(16)10-6-18-15/h4-7,10-12H,1-3,8-9H2,(H,17,18,20). The maximum atomic E-state index is 4.50. The second-order valence-electron chi connectivity index (χ2n) is 5.51. The number of aromatic nitrogens is 4. The summed E-state index contributed by atoms with van der Waals surface area (Å²) in [5, 5.41) is 3.35. The van der Waals surface area contributed by atoms with Gasteiger partial charge in [0.15, 0.2) is 11.5 Å². The van der Waals surface area contributed by atoms with Crippen LogP contribution in [0, 0.1) is 0 Å². The molecule has 0 unspecified atom stereocenters. The zero-order chi connectivity index (χ0) is 14.8. The summed E-state index contributed by atoms with van der Waals surface area (Å²) in [6.45, 7) is 2.18. The fraction of sp³-hybridized carbons (Fsp3) is 0.312. The van der Waals surface area contributed by atoms with Crippen molar-refractivity contribution in [1.82, 2.24) is 19.4 Å². The Morgan fingerprint density at radius 3 is 2.59 bits per heavy atom. The normalized spacial score (nSPS) is 15.2. The van der Waals surface area contributed by atoms with Gasteiger partial charge in [0, 0.05) is 55.8 Å². The highest BCUT2D eigenvalue weighted by atomic mass is 15.2. The summed E-state index contributed by atoms with van der Waals surface area (Å²) < 4.78 is 1.95. The first-order valence-electron chi connectivity index (χ1n) is 7.66. The largest absolute Gasteiger partial charge is 0.357 e. The van der Waals surface area contributed by atoms with Crippen molar-refractivity contribution in [3.8, 4) is 0 Å². The molecule has 0 atom stereocenters. The van der Waals surface area contributed by atoms with Crippen molar-refractivity contribution < 1.29 is 0 Å². The summed E-state index contributed by atoms with van der Waals surface area (Å²) in [7, 11) is 0. The molecule has 0 saturated carbocycles. The minimum absolute atomic E-state index is 0.753. The van der Waals surface area contributed by atoms with Gasteiger partial charge in [0.05, 0.1) is 0 Å². The molecule has 0 spiro atoms. The molecule has 1 fully saturated rings. The van der Waals surface area contributed by atoms with Crippen molar-refractivity contribution in [3.63, 3.8) is 0 Å². The van der Waals surface area contributed by atoms with E-state index in [4.69, 9.17) is 0 Å². The molecule has 4 rings (SSSR count). The number of fused-ring (bicyclic) bond motifs is 1. The van der Waals surface area contributed by atoms with Gasteiger partial charge < -0.3 is 14.6 Å². The Morgan fingerprint density at radius 2 is 1.73 bits per heavy atom. The number of hydrogen-bond donors (Lipinski definition) is 1. The summed E-state index contributed by atoms with van der Waals surface area (Å²) >= 11 is 0.